The van der Waals surface area contributed by atoms with Crippen LogP contribution in [0.5, 0.6) is 0 Å². The van der Waals surface area contributed by atoms with Crippen molar-refractivity contribution in [2.75, 3.05) is 6.61 Å². The molecule has 1 unspecified atom stereocenters. The first-order valence-corrected chi connectivity index (χ1v) is 9.99. The van der Waals surface area contributed by atoms with E-state index in [1.165, 1.54) is 0 Å². The fourth-order valence-electron chi connectivity index (χ4n) is 3.06. The Kier molecular flexibility index (Phi) is 5.76. The Morgan fingerprint density at radius 2 is 1.28 bits per heavy atom. The molecule has 25 heavy (non-hydrogen) atoms. The van der Waals surface area contributed by atoms with Crippen molar-refractivity contribution in [3.05, 3.63) is 60.7 Å². The maximum Gasteiger partial charge on any atom is 0.416 e. The molecule has 2 aromatic rings. The minimum absolute atomic E-state index is 0.430. The number of benzene rings is 2. The Morgan fingerprint density at radius 3 is 1.60 bits per heavy atom. The van der Waals surface area contributed by atoms with Crippen LogP contribution < -0.4 is 10.4 Å². The summed E-state index contributed by atoms with van der Waals surface area (Å²) in [5.41, 5.74) is 0. The van der Waals surface area contributed by atoms with Crippen LogP contribution in [-0.4, -0.2) is 32.3 Å². The number of rotatable bonds is 5. The molecule has 0 radical (unpaired) electrons. The summed E-state index contributed by atoms with van der Waals surface area (Å²) in [7, 11) is -3.05. The zero-order valence-corrected chi connectivity index (χ0v) is 15.5. The van der Waals surface area contributed by atoms with Gasteiger partial charge in [0.2, 0.25) is 0 Å². The van der Waals surface area contributed by atoms with Gasteiger partial charge in [-0.25, -0.2) is 0 Å². The van der Waals surface area contributed by atoms with E-state index in [0.717, 1.165) is 10.4 Å². The Bertz CT molecular complexity index is 627. The highest BCUT2D eigenvalue weighted by Crippen LogP contribution is 2.37. The standard InChI is InChI=1S/C19H23F3O2Si/c1-18(2,3)25(15-10-6-4-7-11-15,16-12-8-5-9-13-16)24-14-17(23)19(20,21)22/h4-13,17,23H,14H2,1-3H3. The average molecular weight is 368 g/mol. The summed E-state index contributed by atoms with van der Waals surface area (Å²) in [6.45, 7) is 5.13. The molecule has 6 heteroatoms. The van der Waals surface area contributed by atoms with Crippen molar-refractivity contribution in [3.63, 3.8) is 0 Å². The van der Waals surface area contributed by atoms with Crippen LogP contribution in [0.3, 0.4) is 0 Å². The molecular weight excluding hydrogens is 345 g/mol. The lowest BCUT2D eigenvalue weighted by atomic mass is 10.2. The molecule has 2 rings (SSSR count). The number of hydrogen-bond donors (Lipinski definition) is 1. The van der Waals surface area contributed by atoms with Gasteiger partial charge in [0.25, 0.3) is 8.32 Å². The molecule has 136 valence electrons. The summed E-state index contributed by atoms with van der Waals surface area (Å²) < 4.78 is 44.5. The molecular formula is C19H23F3O2Si. The van der Waals surface area contributed by atoms with Gasteiger partial charge < -0.3 is 9.53 Å². The van der Waals surface area contributed by atoms with E-state index in [-0.39, 0.29) is 0 Å². The number of aliphatic hydroxyl groups excluding tert-OH is 1. The highest BCUT2D eigenvalue weighted by Gasteiger charge is 2.51. The number of hydrogen-bond acceptors (Lipinski definition) is 2. The molecule has 1 atom stereocenters. The Balaban J connectivity index is 2.57. The molecule has 0 aliphatic carbocycles. The summed E-state index contributed by atoms with van der Waals surface area (Å²) in [6, 6.07) is 18.7. The van der Waals surface area contributed by atoms with Gasteiger partial charge in [0.15, 0.2) is 6.10 Å². The monoisotopic (exact) mass is 368 g/mol. The Morgan fingerprint density at radius 1 is 0.880 bits per heavy atom. The predicted molar refractivity (Wildman–Crippen MR) is 95.6 cm³/mol. The summed E-state index contributed by atoms with van der Waals surface area (Å²) in [6.07, 6.45) is -7.21. The number of halogens is 3. The van der Waals surface area contributed by atoms with Gasteiger partial charge in [0.1, 0.15) is 0 Å². The van der Waals surface area contributed by atoms with E-state index in [1.807, 2.05) is 81.4 Å². The first-order valence-electron chi connectivity index (χ1n) is 8.09. The third kappa shape index (κ3) is 4.14. The molecule has 0 bridgehead atoms. The summed E-state index contributed by atoms with van der Waals surface area (Å²) in [5, 5.41) is 10.8. The van der Waals surface area contributed by atoms with Gasteiger partial charge in [0.05, 0.1) is 6.61 Å². The van der Waals surface area contributed by atoms with E-state index in [0.29, 0.717) is 0 Å². The SMILES string of the molecule is CC(C)(C)[Si](OCC(O)C(F)(F)F)(c1ccccc1)c1ccccc1. The molecule has 0 heterocycles. The molecule has 0 saturated heterocycles. The Labute approximate surface area is 147 Å². The fraction of sp³-hybridized carbons (Fsp3) is 0.368. The van der Waals surface area contributed by atoms with Gasteiger partial charge in [-0.15, -0.1) is 0 Å². The lowest BCUT2D eigenvalue weighted by Gasteiger charge is -2.43. The summed E-state index contributed by atoms with van der Waals surface area (Å²) in [5.74, 6) is 0. The minimum atomic E-state index is -4.70. The van der Waals surface area contributed by atoms with Crippen molar-refractivity contribution in [1.29, 1.82) is 0 Å². The second-order valence-electron chi connectivity index (χ2n) is 7.03. The van der Waals surface area contributed by atoms with Crippen molar-refractivity contribution in [2.24, 2.45) is 0 Å². The van der Waals surface area contributed by atoms with Crippen LogP contribution >= 0.6 is 0 Å². The molecule has 2 aromatic carbocycles. The minimum Gasteiger partial charge on any atom is -0.404 e. The van der Waals surface area contributed by atoms with E-state index in [2.05, 4.69) is 0 Å². The smallest absolute Gasteiger partial charge is 0.404 e. The average Bonchev–Trinajstić information content (AvgIpc) is 2.55. The molecule has 0 fully saturated rings. The highest BCUT2D eigenvalue weighted by molar-refractivity contribution is 6.99. The zero-order valence-electron chi connectivity index (χ0n) is 14.5. The highest BCUT2D eigenvalue weighted by atomic mass is 28.4. The lowest BCUT2D eigenvalue weighted by molar-refractivity contribution is -0.211. The Hall–Kier alpha value is -1.63. The third-order valence-electron chi connectivity index (χ3n) is 4.25. The van der Waals surface area contributed by atoms with E-state index in [4.69, 9.17) is 4.43 Å². The molecule has 0 amide bonds. The van der Waals surface area contributed by atoms with E-state index in [1.54, 1.807) is 0 Å². The largest absolute Gasteiger partial charge is 0.416 e. The third-order valence-corrected chi connectivity index (χ3v) is 9.26. The van der Waals surface area contributed by atoms with Gasteiger partial charge in [0, 0.05) is 0 Å². The van der Waals surface area contributed by atoms with E-state index < -0.39 is 32.2 Å². The maximum absolute atomic E-state index is 12.8. The van der Waals surface area contributed by atoms with Gasteiger partial charge in [-0.3, -0.25) is 0 Å². The summed E-state index contributed by atoms with van der Waals surface area (Å²) in [4.78, 5) is 0. The van der Waals surface area contributed by atoms with Crippen LogP contribution in [0, 0.1) is 0 Å². The fourth-order valence-corrected chi connectivity index (χ4v) is 7.62. The van der Waals surface area contributed by atoms with Crippen molar-refractivity contribution in [3.8, 4) is 0 Å². The number of aliphatic hydroxyl groups is 1. The predicted octanol–water partition coefficient (Wildman–Crippen LogP) is 3.49. The van der Waals surface area contributed by atoms with Gasteiger partial charge in [-0.05, 0) is 15.4 Å². The van der Waals surface area contributed by atoms with Crippen LogP contribution in [0.25, 0.3) is 0 Å². The van der Waals surface area contributed by atoms with Crippen molar-refractivity contribution >= 4 is 18.7 Å². The second-order valence-corrected chi connectivity index (χ2v) is 11.3. The number of alkyl halides is 3. The van der Waals surface area contributed by atoms with Gasteiger partial charge in [-0.1, -0.05) is 81.4 Å². The molecule has 0 aromatic heterocycles. The molecule has 0 aliphatic rings. The van der Waals surface area contributed by atoms with Crippen molar-refractivity contribution < 1.29 is 22.7 Å². The van der Waals surface area contributed by atoms with E-state index in [9.17, 15) is 18.3 Å². The molecule has 0 spiro atoms. The zero-order chi connectivity index (χ0) is 18.7. The van der Waals surface area contributed by atoms with Gasteiger partial charge in [-0.2, -0.15) is 13.2 Å². The van der Waals surface area contributed by atoms with Crippen molar-refractivity contribution in [1.82, 2.24) is 0 Å². The molecule has 1 N–H and O–H groups in total. The second kappa shape index (κ2) is 7.31. The quantitative estimate of drug-likeness (QED) is 0.819. The normalized spacial score (nSPS) is 14.4. The summed E-state index contributed by atoms with van der Waals surface area (Å²) >= 11 is 0. The first-order chi connectivity index (χ1) is 11.6. The topological polar surface area (TPSA) is 29.5 Å². The maximum atomic E-state index is 12.8. The lowest BCUT2D eigenvalue weighted by Crippen LogP contribution is -2.67. The molecule has 0 saturated carbocycles. The molecule has 0 aliphatic heterocycles. The van der Waals surface area contributed by atoms with Crippen LogP contribution in [0.2, 0.25) is 5.04 Å². The van der Waals surface area contributed by atoms with Crippen LogP contribution in [0.4, 0.5) is 13.2 Å². The van der Waals surface area contributed by atoms with Crippen LogP contribution in [0.15, 0.2) is 60.7 Å². The van der Waals surface area contributed by atoms with Crippen LogP contribution in [0.1, 0.15) is 20.8 Å². The van der Waals surface area contributed by atoms with E-state index >= 15 is 0 Å². The molecule has 2 nitrogen and oxygen atoms in total. The first kappa shape index (κ1) is 19.7. The van der Waals surface area contributed by atoms with Crippen molar-refractivity contribution in [2.45, 2.75) is 38.1 Å². The van der Waals surface area contributed by atoms with Gasteiger partial charge >= 0.3 is 6.18 Å². The van der Waals surface area contributed by atoms with Crippen LogP contribution in [-0.2, 0) is 4.43 Å².